The molecule has 70 valence electrons. The minimum atomic E-state index is -0.374. The van der Waals surface area contributed by atoms with Gasteiger partial charge in [-0.2, -0.15) is 0 Å². The Balaban J connectivity index is 2.26. The molecule has 1 rings (SSSR count). The van der Waals surface area contributed by atoms with E-state index in [1.165, 1.54) is 25.7 Å². The van der Waals surface area contributed by atoms with E-state index in [0.29, 0.717) is 5.92 Å². The van der Waals surface area contributed by atoms with Crippen molar-refractivity contribution in [3.8, 4) is 0 Å². The molecule has 0 saturated heterocycles. The van der Waals surface area contributed by atoms with Gasteiger partial charge in [0.1, 0.15) is 0 Å². The summed E-state index contributed by atoms with van der Waals surface area (Å²) >= 11 is 0. The summed E-state index contributed by atoms with van der Waals surface area (Å²) in [4.78, 5) is 0. The smallest absolute Gasteiger partial charge is 0.0647 e. The van der Waals surface area contributed by atoms with Crippen LogP contribution < -0.4 is 0 Å². The molecule has 0 spiro atoms. The largest absolute Gasteiger partial charge is 0.390 e. The Morgan fingerprint density at radius 1 is 1.67 bits per heavy atom. The molecule has 0 aliphatic heterocycles. The topological polar surface area (TPSA) is 20.2 Å². The van der Waals surface area contributed by atoms with Crippen molar-refractivity contribution >= 4 is 0 Å². The highest BCUT2D eigenvalue weighted by atomic mass is 16.3. The van der Waals surface area contributed by atoms with E-state index in [4.69, 9.17) is 0 Å². The zero-order chi connectivity index (χ0) is 9.03. The van der Waals surface area contributed by atoms with Crippen molar-refractivity contribution in [3.05, 3.63) is 12.7 Å². The monoisotopic (exact) mass is 168 g/mol. The predicted octanol–water partition coefficient (Wildman–Crippen LogP) is 2.89. The summed E-state index contributed by atoms with van der Waals surface area (Å²) in [6.45, 7) is 5.68. The van der Waals surface area contributed by atoms with Crippen LogP contribution in [0.4, 0.5) is 0 Å². The van der Waals surface area contributed by atoms with E-state index in [-0.39, 0.29) is 5.60 Å². The van der Waals surface area contributed by atoms with Gasteiger partial charge in [-0.15, -0.1) is 6.58 Å². The molecule has 0 bridgehead atoms. The highest BCUT2D eigenvalue weighted by Crippen LogP contribution is 2.38. The molecule has 1 heteroatoms. The number of aliphatic hydroxyl groups is 1. The highest BCUT2D eigenvalue weighted by Gasteiger charge is 2.35. The summed E-state index contributed by atoms with van der Waals surface area (Å²) < 4.78 is 0. The zero-order valence-electron chi connectivity index (χ0n) is 8.05. The Morgan fingerprint density at radius 3 is 2.92 bits per heavy atom. The molecular weight excluding hydrogens is 148 g/mol. The molecule has 0 aromatic rings. The summed E-state index contributed by atoms with van der Waals surface area (Å²) in [7, 11) is 0. The third kappa shape index (κ3) is 2.34. The van der Waals surface area contributed by atoms with Crippen molar-refractivity contribution in [2.45, 2.75) is 51.0 Å². The molecule has 1 saturated carbocycles. The molecule has 2 unspecified atom stereocenters. The summed E-state index contributed by atoms with van der Waals surface area (Å²) in [5.74, 6) is 0.539. The van der Waals surface area contributed by atoms with Crippen LogP contribution in [0, 0.1) is 5.92 Å². The summed E-state index contributed by atoms with van der Waals surface area (Å²) in [5.41, 5.74) is -0.374. The molecule has 0 amide bonds. The molecule has 1 nitrogen and oxygen atoms in total. The first-order chi connectivity index (χ1) is 5.67. The second kappa shape index (κ2) is 4.08. The van der Waals surface area contributed by atoms with E-state index in [1.807, 2.05) is 13.0 Å². The summed E-state index contributed by atoms with van der Waals surface area (Å²) in [6, 6.07) is 0. The SMILES string of the molecule is C=CCCCC1CCCC1(C)O. The molecule has 0 aromatic heterocycles. The average Bonchev–Trinajstić information content (AvgIpc) is 2.32. The van der Waals surface area contributed by atoms with Crippen LogP contribution in [-0.2, 0) is 0 Å². The van der Waals surface area contributed by atoms with Crippen molar-refractivity contribution in [1.82, 2.24) is 0 Å². The number of hydrogen-bond donors (Lipinski definition) is 1. The lowest BCUT2D eigenvalue weighted by atomic mass is 9.88. The van der Waals surface area contributed by atoms with Crippen LogP contribution in [0.25, 0.3) is 0 Å². The second-order valence-corrected chi connectivity index (χ2v) is 4.17. The Hall–Kier alpha value is -0.300. The van der Waals surface area contributed by atoms with Crippen LogP contribution >= 0.6 is 0 Å². The Kier molecular flexibility index (Phi) is 3.33. The van der Waals surface area contributed by atoms with Gasteiger partial charge in [-0.3, -0.25) is 0 Å². The molecule has 1 aliphatic carbocycles. The normalized spacial score (nSPS) is 35.3. The van der Waals surface area contributed by atoms with Crippen LogP contribution in [0.1, 0.15) is 45.4 Å². The van der Waals surface area contributed by atoms with Gasteiger partial charge in [-0.1, -0.05) is 12.5 Å². The minimum absolute atomic E-state index is 0.374. The third-order valence-corrected chi connectivity index (χ3v) is 3.08. The maximum atomic E-state index is 9.93. The van der Waals surface area contributed by atoms with Gasteiger partial charge in [0.2, 0.25) is 0 Å². The van der Waals surface area contributed by atoms with Gasteiger partial charge in [0.15, 0.2) is 0 Å². The van der Waals surface area contributed by atoms with Gasteiger partial charge in [0.05, 0.1) is 5.60 Å². The predicted molar refractivity (Wildman–Crippen MR) is 52.0 cm³/mol. The van der Waals surface area contributed by atoms with E-state index in [1.54, 1.807) is 0 Å². The quantitative estimate of drug-likeness (QED) is 0.505. The fraction of sp³-hybridized carbons (Fsp3) is 0.818. The highest BCUT2D eigenvalue weighted by molar-refractivity contribution is 4.88. The van der Waals surface area contributed by atoms with Crippen molar-refractivity contribution in [2.24, 2.45) is 5.92 Å². The first kappa shape index (κ1) is 9.79. The fourth-order valence-corrected chi connectivity index (χ4v) is 2.19. The standard InChI is InChI=1S/C11H20O/c1-3-4-5-7-10-8-6-9-11(10,2)12/h3,10,12H,1,4-9H2,2H3. The lowest BCUT2D eigenvalue weighted by Gasteiger charge is -2.25. The second-order valence-electron chi connectivity index (χ2n) is 4.17. The van der Waals surface area contributed by atoms with Crippen molar-refractivity contribution < 1.29 is 5.11 Å². The van der Waals surface area contributed by atoms with Gasteiger partial charge in [0.25, 0.3) is 0 Å². The van der Waals surface area contributed by atoms with Crippen molar-refractivity contribution in [3.63, 3.8) is 0 Å². The van der Waals surface area contributed by atoms with Crippen molar-refractivity contribution in [1.29, 1.82) is 0 Å². The van der Waals surface area contributed by atoms with Crippen LogP contribution in [0.15, 0.2) is 12.7 Å². The van der Waals surface area contributed by atoms with Crippen LogP contribution in [0.2, 0.25) is 0 Å². The van der Waals surface area contributed by atoms with E-state index in [9.17, 15) is 5.11 Å². The van der Waals surface area contributed by atoms with Crippen molar-refractivity contribution in [2.75, 3.05) is 0 Å². The number of rotatable bonds is 4. The zero-order valence-corrected chi connectivity index (χ0v) is 8.05. The first-order valence-corrected chi connectivity index (χ1v) is 5.00. The maximum absolute atomic E-state index is 9.93. The lowest BCUT2D eigenvalue weighted by Crippen LogP contribution is -2.28. The molecule has 0 aromatic carbocycles. The Morgan fingerprint density at radius 2 is 2.42 bits per heavy atom. The van der Waals surface area contributed by atoms with Crippen LogP contribution in [-0.4, -0.2) is 10.7 Å². The molecule has 1 fully saturated rings. The number of allylic oxidation sites excluding steroid dienone is 1. The third-order valence-electron chi connectivity index (χ3n) is 3.08. The number of hydrogen-bond acceptors (Lipinski definition) is 1. The Bertz CT molecular complexity index is 149. The average molecular weight is 168 g/mol. The molecule has 12 heavy (non-hydrogen) atoms. The molecule has 1 N–H and O–H groups in total. The van der Waals surface area contributed by atoms with E-state index < -0.39 is 0 Å². The summed E-state index contributed by atoms with van der Waals surface area (Å²) in [5, 5.41) is 9.93. The van der Waals surface area contributed by atoms with Gasteiger partial charge >= 0.3 is 0 Å². The van der Waals surface area contributed by atoms with Crippen LogP contribution in [0.5, 0.6) is 0 Å². The number of unbranched alkanes of at least 4 members (excludes halogenated alkanes) is 1. The van der Waals surface area contributed by atoms with Gasteiger partial charge < -0.3 is 5.11 Å². The molecular formula is C11H20O. The van der Waals surface area contributed by atoms with E-state index >= 15 is 0 Å². The van der Waals surface area contributed by atoms with Gasteiger partial charge in [0, 0.05) is 0 Å². The Labute approximate surface area is 75.5 Å². The minimum Gasteiger partial charge on any atom is -0.390 e. The van der Waals surface area contributed by atoms with E-state index in [0.717, 1.165) is 12.8 Å². The lowest BCUT2D eigenvalue weighted by molar-refractivity contribution is 0.0173. The van der Waals surface area contributed by atoms with Crippen LogP contribution in [0.3, 0.4) is 0 Å². The fourth-order valence-electron chi connectivity index (χ4n) is 2.19. The van der Waals surface area contributed by atoms with E-state index in [2.05, 4.69) is 6.58 Å². The van der Waals surface area contributed by atoms with Gasteiger partial charge in [-0.25, -0.2) is 0 Å². The first-order valence-electron chi connectivity index (χ1n) is 5.00. The summed E-state index contributed by atoms with van der Waals surface area (Å²) in [6.07, 6.45) is 8.81. The molecule has 0 radical (unpaired) electrons. The molecule has 2 atom stereocenters. The molecule has 0 heterocycles. The maximum Gasteiger partial charge on any atom is 0.0647 e. The van der Waals surface area contributed by atoms with Gasteiger partial charge in [-0.05, 0) is 44.9 Å². The molecule has 1 aliphatic rings.